The molecule has 1 aliphatic carbocycles. The van der Waals surface area contributed by atoms with Gasteiger partial charge in [-0.3, -0.25) is 4.79 Å². The number of rotatable bonds is 2. The summed E-state index contributed by atoms with van der Waals surface area (Å²) in [4.78, 5) is 27.9. The van der Waals surface area contributed by atoms with E-state index in [1.165, 1.54) is 19.3 Å². The van der Waals surface area contributed by atoms with Crippen LogP contribution in [0.4, 0.5) is 4.79 Å². The maximum absolute atomic E-state index is 12.2. The van der Waals surface area contributed by atoms with E-state index in [1.807, 2.05) is 4.90 Å². The van der Waals surface area contributed by atoms with Crippen molar-refractivity contribution in [3.05, 3.63) is 0 Å². The zero-order valence-corrected chi connectivity index (χ0v) is 13.2. The molecule has 6 heteroatoms. The fourth-order valence-corrected chi connectivity index (χ4v) is 3.03. The van der Waals surface area contributed by atoms with Crippen LogP contribution in [0.1, 0.15) is 46.0 Å². The lowest BCUT2D eigenvalue weighted by molar-refractivity contribution is -0.137. The Morgan fingerprint density at radius 3 is 2.05 bits per heavy atom. The van der Waals surface area contributed by atoms with Gasteiger partial charge in [0.1, 0.15) is 0 Å². The SMILES string of the molecule is CC(C)(N)C(=O)N1CCN(C(=O)NC2CCCCC2)CC1. The predicted molar refractivity (Wildman–Crippen MR) is 81.8 cm³/mol. The lowest BCUT2D eigenvalue weighted by Gasteiger charge is -2.38. The van der Waals surface area contributed by atoms with E-state index in [9.17, 15) is 9.59 Å². The van der Waals surface area contributed by atoms with Crippen LogP contribution in [0.25, 0.3) is 0 Å². The molecule has 6 nitrogen and oxygen atoms in total. The number of nitrogens with two attached hydrogens (primary N) is 1. The summed E-state index contributed by atoms with van der Waals surface area (Å²) in [6.07, 6.45) is 5.87. The van der Waals surface area contributed by atoms with Crippen LogP contribution in [0.5, 0.6) is 0 Å². The Morgan fingerprint density at radius 1 is 1.00 bits per heavy atom. The molecule has 120 valence electrons. The van der Waals surface area contributed by atoms with Crippen LogP contribution in [0.2, 0.25) is 0 Å². The normalized spacial score (nSPS) is 21.3. The number of carbonyl (C=O) groups excluding carboxylic acids is 2. The van der Waals surface area contributed by atoms with Gasteiger partial charge in [0, 0.05) is 32.2 Å². The number of carbonyl (C=O) groups is 2. The molecule has 0 aromatic heterocycles. The quantitative estimate of drug-likeness (QED) is 0.795. The molecule has 0 bridgehead atoms. The van der Waals surface area contributed by atoms with Gasteiger partial charge in [-0.1, -0.05) is 19.3 Å². The van der Waals surface area contributed by atoms with Crippen LogP contribution in [0, 0.1) is 0 Å². The zero-order chi connectivity index (χ0) is 15.5. The molecule has 1 heterocycles. The number of amides is 3. The molecule has 0 radical (unpaired) electrons. The highest BCUT2D eigenvalue weighted by Gasteiger charge is 2.31. The first-order chi connectivity index (χ1) is 9.88. The standard InChI is InChI=1S/C15H28N4O2/c1-15(2,16)13(20)18-8-10-19(11-9-18)14(21)17-12-6-4-3-5-7-12/h12H,3-11,16H2,1-2H3,(H,17,21). The summed E-state index contributed by atoms with van der Waals surface area (Å²) in [5.41, 5.74) is 5.00. The second-order valence-corrected chi connectivity index (χ2v) is 6.79. The predicted octanol–water partition coefficient (Wildman–Crippen LogP) is 0.910. The molecule has 3 amide bonds. The van der Waals surface area contributed by atoms with E-state index in [4.69, 9.17) is 5.73 Å². The fraction of sp³-hybridized carbons (Fsp3) is 0.867. The van der Waals surface area contributed by atoms with E-state index >= 15 is 0 Å². The molecule has 0 aromatic rings. The molecule has 0 unspecified atom stereocenters. The van der Waals surface area contributed by atoms with Gasteiger partial charge in [-0.25, -0.2) is 4.79 Å². The molecule has 0 spiro atoms. The Morgan fingerprint density at radius 2 is 1.52 bits per heavy atom. The summed E-state index contributed by atoms with van der Waals surface area (Å²) in [7, 11) is 0. The van der Waals surface area contributed by atoms with Gasteiger partial charge in [0.05, 0.1) is 5.54 Å². The van der Waals surface area contributed by atoms with Crippen molar-refractivity contribution in [2.45, 2.75) is 57.5 Å². The highest BCUT2D eigenvalue weighted by atomic mass is 16.2. The van der Waals surface area contributed by atoms with Gasteiger partial charge in [-0.15, -0.1) is 0 Å². The Hall–Kier alpha value is -1.30. The number of nitrogens with one attached hydrogen (secondary N) is 1. The number of piperazine rings is 1. The summed E-state index contributed by atoms with van der Waals surface area (Å²) in [6.45, 7) is 5.74. The molecular weight excluding hydrogens is 268 g/mol. The third-order valence-electron chi connectivity index (χ3n) is 4.34. The maximum atomic E-state index is 12.2. The number of nitrogens with zero attached hydrogens (tertiary/aromatic N) is 2. The second-order valence-electron chi connectivity index (χ2n) is 6.79. The van der Waals surface area contributed by atoms with E-state index in [0.717, 1.165) is 12.8 Å². The van der Waals surface area contributed by atoms with Gasteiger partial charge in [-0.05, 0) is 26.7 Å². The first-order valence-corrected chi connectivity index (χ1v) is 8.01. The van der Waals surface area contributed by atoms with Gasteiger partial charge in [0.15, 0.2) is 0 Å². The van der Waals surface area contributed by atoms with Gasteiger partial charge in [0.25, 0.3) is 0 Å². The Bertz CT molecular complexity index is 378. The molecule has 1 saturated carbocycles. The van der Waals surface area contributed by atoms with Crippen LogP contribution in [-0.4, -0.2) is 59.5 Å². The van der Waals surface area contributed by atoms with Crippen molar-refractivity contribution in [1.82, 2.24) is 15.1 Å². The minimum absolute atomic E-state index is 0.0148. The van der Waals surface area contributed by atoms with Gasteiger partial charge >= 0.3 is 6.03 Å². The first kappa shape index (κ1) is 16.1. The van der Waals surface area contributed by atoms with Crippen LogP contribution in [-0.2, 0) is 4.79 Å². The molecule has 0 aromatic carbocycles. The molecule has 2 rings (SSSR count). The summed E-state index contributed by atoms with van der Waals surface area (Å²) in [6, 6.07) is 0.342. The molecular formula is C15H28N4O2. The zero-order valence-electron chi connectivity index (χ0n) is 13.2. The molecule has 2 aliphatic rings. The highest BCUT2D eigenvalue weighted by molar-refractivity contribution is 5.85. The molecule has 21 heavy (non-hydrogen) atoms. The van der Waals surface area contributed by atoms with E-state index in [-0.39, 0.29) is 11.9 Å². The van der Waals surface area contributed by atoms with Crippen molar-refractivity contribution in [1.29, 1.82) is 0 Å². The fourth-order valence-electron chi connectivity index (χ4n) is 3.03. The summed E-state index contributed by atoms with van der Waals surface area (Å²) < 4.78 is 0. The van der Waals surface area contributed by atoms with Crippen LogP contribution in [0.15, 0.2) is 0 Å². The van der Waals surface area contributed by atoms with Crippen molar-refractivity contribution >= 4 is 11.9 Å². The minimum atomic E-state index is -0.841. The molecule has 2 fully saturated rings. The topological polar surface area (TPSA) is 78.7 Å². The van der Waals surface area contributed by atoms with Gasteiger partial charge in [0.2, 0.25) is 5.91 Å². The van der Waals surface area contributed by atoms with Gasteiger partial charge < -0.3 is 20.9 Å². The molecule has 1 saturated heterocycles. The van der Waals surface area contributed by atoms with Crippen molar-refractivity contribution in [2.24, 2.45) is 5.73 Å². The lowest BCUT2D eigenvalue weighted by atomic mass is 9.96. The molecule has 1 aliphatic heterocycles. The second kappa shape index (κ2) is 6.64. The van der Waals surface area contributed by atoms with Crippen LogP contribution in [0.3, 0.4) is 0 Å². The molecule has 0 atom stereocenters. The van der Waals surface area contributed by atoms with E-state index in [2.05, 4.69) is 5.32 Å². The largest absolute Gasteiger partial charge is 0.338 e. The molecule has 3 N–H and O–H groups in total. The van der Waals surface area contributed by atoms with Gasteiger partial charge in [-0.2, -0.15) is 0 Å². The summed E-state index contributed by atoms with van der Waals surface area (Å²) >= 11 is 0. The lowest BCUT2D eigenvalue weighted by Crippen LogP contribution is -2.59. The average Bonchev–Trinajstić information content (AvgIpc) is 2.46. The maximum Gasteiger partial charge on any atom is 0.317 e. The Kier molecular flexibility index (Phi) is 5.08. The van der Waals surface area contributed by atoms with Crippen molar-refractivity contribution in [2.75, 3.05) is 26.2 Å². The van der Waals surface area contributed by atoms with E-state index in [0.29, 0.717) is 32.2 Å². The van der Waals surface area contributed by atoms with Crippen molar-refractivity contribution in [3.63, 3.8) is 0 Å². The van der Waals surface area contributed by atoms with Crippen LogP contribution < -0.4 is 11.1 Å². The Balaban J connectivity index is 1.78. The van der Waals surface area contributed by atoms with E-state index < -0.39 is 5.54 Å². The number of hydrogen-bond acceptors (Lipinski definition) is 3. The smallest absolute Gasteiger partial charge is 0.317 e. The average molecular weight is 296 g/mol. The third-order valence-corrected chi connectivity index (χ3v) is 4.34. The minimum Gasteiger partial charge on any atom is -0.338 e. The summed E-state index contributed by atoms with van der Waals surface area (Å²) in [5, 5.41) is 3.12. The number of urea groups is 1. The summed E-state index contributed by atoms with van der Waals surface area (Å²) in [5.74, 6) is -0.0464. The third kappa shape index (κ3) is 4.33. The van der Waals surface area contributed by atoms with Crippen molar-refractivity contribution < 1.29 is 9.59 Å². The van der Waals surface area contributed by atoms with Crippen molar-refractivity contribution in [3.8, 4) is 0 Å². The van der Waals surface area contributed by atoms with Crippen LogP contribution >= 0.6 is 0 Å². The Labute approximate surface area is 127 Å². The van der Waals surface area contributed by atoms with E-state index in [1.54, 1.807) is 18.7 Å². The highest BCUT2D eigenvalue weighted by Crippen LogP contribution is 2.18. The first-order valence-electron chi connectivity index (χ1n) is 8.01. The monoisotopic (exact) mass is 296 g/mol. The number of hydrogen-bond donors (Lipinski definition) is 2.